The van der Waals surface area contributed by atoms with E-state index in [2.05, 4.69) is 173 Å². The molecule has 0 aromatic heterocycles. The summed E-state index contributed by atoms with van der Waals surface area (Å²) in [6, 6.07) is 54.4. The van der Waals surface area contributed by atoms with Crippen LogP contribution in [0.1, 0.15) is 115 Å². The fourth-order valence-electron chi connectivity index (χ4n) is 11.3. The molecular weight excluding hydrogens is 1070 g/mol. The number of hydrogen-bond donors (Lipinski definition) is 0. The first-order valence-electron chi connectivity index (χ1n) is 24.4. The molecule has 0 aliphatic heterocycles. The number of benzene rings is 6. The summed E-state index contributed by atoms with van der Waals surface area (Å²) in [6.45, 7) is 11.6. The van der Waals surface area contributed by atoms with Gasteiger partial charge in [-0.1, -0.05) is 186 Å². The molecule has 0 saturated heterocycles. The SMILES string of the molecule is CCC1(Cc2cc3c(-c4cccc5ccccc45)cccc3[cH-]2)CCCCCC1.CCC1(Cc2cc3c(-c4cccc5ccccc45)cccc3[cH-]2)CCCCCC1.[CH2-][Si][CH2-].[Cl][Zr+2][Cl].[Cl][Zr+2][Cl]. The molecule has 0 unspecified atom stereocenters. The topological polar surface area (TPSA) is 0 Å². The van der Waals surface area contributed by atoms with Gasteiger partial charge in [0.2, 0.25) is 0 Å². The molecule has 67 heavy (non-hydrogen) atoms. The second-order valence-electron chi connectivity index (χ2n) is 18.7. The maximum atomic E-state index is 4.93. The van der Waals surface area contributed by atoms with E-state index in [1.807, 2.05) is 0 Å². The van der Waals surface area contributed by atoms with Gasteiger partial charge in [-0.3, -0.25) is 0 Å². The van der Waals surface area contributed by atoms with Gasteiger partial charge in [-0.2, -0.15) is 12.1 Å². The standard InChI is InChI=1S/2C29H31.C2H4Si.4ClH.2Zr/c2*1-2-29(17-7-3-4-8-18-29)21-22-19-24-13-10-16-27(28(24)20-22)26-15-9-12-23-11-5-6-14-25(23)26;1-3-2;;;;;;/h2*5-6,9-16,19-20H,2-4,7-8,17-18,21H2,1H3;1-2H2;4*1H;;/q2*-1;-2;;;;;2*+4/p-4. The third kappa shape index (κ3) is 14.7. The minimum absolute atomic E-state index is 0.514. The van der Waals surface area contributed by atoms with Crippen LogP contribution in [0.5, 0.6) is 0 Å². The van der Waals surface area contributed by atoms with Gasteiger partial charge in [0.25, 0.3) is 0 Å². The number of fused-ring (bicyclic) bond motifs is 4. The van der Waals surface area contributed by atoms with Crippen molar-refractivity contribution in [2.75, 3.05) is 0 Å². The fraction of sp³-hybridized carbons (Fsp3) is 0.333. The van der Waals surface area contributed by atoms with Gasteiger partial charge in [0.05, 0.1) is 0 Å². The first-order chi connectivity index (χ1) is 32.8. The Labute approximate surface area is 443 Å². The third-order valence-corrected chi connectivity index (χ3v) is 14.8. The predicted octanol–water partition coefficient (Wildman–Crippen LogP) is 20.4. The number of hydrogen-bond acceptors (Lipinski definition) is 0. The first-order valence-corrected chi connectivity index (χ1v) is 38.4. The van der Waals surface area contributed by atoms with E-state index in [9.17, 15) is 0 Å². The molecule has 8 aromatic rings. The van der Waals surface area contributed by atoms with Gasteiger partial charge in [-0.05, 0) is 82.0 Å². The molecule has 2 fully saturated rings. The van der Waals surface area contributed by atoms with Crippen LogP contribution in [-0.2, 0) is 54.5 Å². The quantitative estimate of drug-likeness (QED) is 0.0808. The Balaban J connectivity index is 0.000000188. The monoisotopic (exact) mass is 1130 g/mol. The normalized spacial score (nSPS) is 15.2. The van der Waals surface area contributed by atoms with Gasteiger partial charge in [0.1, 0.15) is 0 Å². The molecule has 0 nitrogen and oxygen atoms in total. The van der Waals surface area contributed by atoms with E-state index in [1.54, 1.807) is 0 Å². The molecule has 0 spiro atoms. The Kier molecular flexibility index (Phi) is 23.0. The molecule has 7 heteroatoms. The maximum absolute atomic E-state index is 4.93. The van der Waals surface area contributed by atoms with Crippen molar-refractivity contribution >= 4 is 86.7 Å². The summed E-state index contributed by atoms with van der Waals surface area (Å²) < 4.78 is 0. The first kappa shape index (κ1) is 54.5. The zero-order chi connectivity index (χ0) is 47.5. The zero-order valence-electron chi connectivity index (χ0n) is 39.6. The summed E-state index contributed by atoms with van der Waals surface area (Å²) >= 11 is -1.65. The van der Waals surface area contributed by atoms with Crippen LogP contribution in [0.15, 0.2) is 146 Å². The Hall–Kier alpha value is -1.80. The van der Waals surface area contributed by atoms with E-state index in [0.29, 0.717) is 20.3 Å². The van der Waals surface area contributed by atoms with E-state index in [4.69, 9.17) is 34.1 Å². The molecular formula is C60H66Cl4SiZr2. The molecule has 0 amide bonds. The molecule has 0 bridgehead atoms. The molecule has 0 N–H and O–H groups in total. The minimum atomic E-state index is -0.826. The molecule has 2 radical (unpaired) electrons. The molecule has 346 valence electrons. The number of rotatable bonds is 8. The van der Waals surface area contributed by atoms with Crippen LogP contribution in [0, 0.1) is 23.9 Å². The van der Waals surface area contributed by atoms with Crippen LogP contribution >= 0.6 is 34.1 Å². The van der Waals surface area contributed by atoms with Gasteiger partial charge in [0, 0.05) is 0 Å². The van der Waals surface area contributed by atoms with Crippen molar-refractivity contribution in [3.63, 3.8) is 0 Å². The molecule has 0 atom stereocenters. The van der Waals surface area contributed by atoms with E-state index in [-0.39, 0.29) is 0 Å². The van der Waals surface area contributed by atoms with E-state index in [0.717, 1.165) is 0 Å². The predicted molar refractivity (Wildman–Crippen MR) is 293 cm³/mol. The van der Waals surface area contributed by atoms with Crippen LogP contribution in [0.4, 0.5) is 0 Å². The van der Waals surface area contributed by atoms with Crippen LogP contribution in [-0.4, -0.2) is 9.52 Å². The van der Waals surface area contributed by atoms with Gasteiger partial charge < -0.3 is 22.6 Å². The van der Waals surface area contributed by atoms with E-state index >= 15 is 0 Å². The second kappa shape index (κ2) is 28.3. The average molecular weight is 1140 g/mol. The Morgan fingerprint density at radius 2 is 0.746 bits per heavy atom. The van der Waals surface area contributed by atoms with Crippen molar-refractivity contribution in [2.24, 2.45) is 10.8 Å². The van der Waals surface area contributed by atoms with Crippen molar-refractivity contribution in [2.45, 2.75) is 117 Å². The summed E-state index contributed by atoms with van der Waals surface area (Å²) in [5.41, 5.74) is 9.55. The van der Waals surface area contributed by atoms with Crippen LogP contribution in [0.25, 0.3) is 65.3 Å². The summed E-state index contributed by atoms with van der Waals surface area (Å²) in [7, 11) is 20.3. The molecule has 10 rings (SSSR count). The molecule has 2 aliphatic carbocycles. The molecule has 0 heterocycles. The summed E-state index contributed by atoms with van der Waals surface area (Å²) in [6.07, 6.45) is 22.1. The van der Waals surface area contributed by atoms with E-state index in [1.165, 1.54) is 179 Å². The zero-order valence-corrected chi connectivity index (χ0v) is 48.5. The van der Waals surface area contributed by atoms with E-state index < -0.39 is 41.7 Å². The molecule has 2 aliphatic rings. The van der Waals surface area contributed by atoms with Crippen LogP contribution in [0.2, 0.25) is 0 Å². The van der Waals surface area contributed by atoms with Gasteiger partial charge in [-0.15, -0.1) is 69.1 Å². The Morgan fingerprint density at radius 3 is 1.09 bits per heavy atom. The Bertz CT molecular complexity index is 2500. The van der Waals surface area contributed by atoms with Gasteiger partial charge in [-0.25, -0.2) is 0 Å². The van der Waals surface area contributed by atoms with Crippen molar-refractivity contribution < 1.29 is 41.7 Å². The summed E-state index contributed by atoms with van der Waals surface area (Å²) in [4.78, 5) is 0. The van der Waals surface area contributed by atoms with Crippen molar-refractivity contribution in [3.8, 4) is 22.3 Å². The summed E-state index contributed by atoms with van der Waals surface area (Å²) in [5.74, 6) is 0. The molecule has 8 aromatic carbocycles. The Morgan fingerprint density at radius 1 is 0.448 bits per heavy atom. The fourth-order valence-corrected chi connectivity index (χ4v) is 11.3. The van der Waals surface area contributed by atoms with Crippen LogP contribution < -0.4 is 0 Å². The van der Waals surface area contributed by atoms with Crippen molar-refractivity contribution in [1.29, 1.82) is 0 Å². The number of halogens is 4. The molecule has 2 saturated carbocycles. The van der Waals surface area contributed by atoms with Crippen molar-refractivity contribution in [1.82, 2.24) is 0 Å². The van der Waals surface area contributed by atoms with Gasteiger partial charge in [0.15, 0.2) is 0 Å². The second-order valence-corrected chi connectivity index (χ2v) is 26.6. The van der Waals surface area contributed by atoms with Gasteiger partial charge >= 0.3 is 75.7 Å². The average Bonchev–Trinajstić information content (AvgIpc) is 3.78. The third-order valence-electron chi connectivity index (χ3n) is 14.8. The van der Waals surface area contributed by atoms with Crippen molar-refractivity contribution in [3.05, 3.63) is 170 Å². The van der Waals surface area contributed by atoms with Crippen LogP contribution in [0.3, 0.4) is 0 Å². The summed E-state index contributed by atoms with van der Waals surface area (Å²) in [5, 5.41) is 10.9.